The van der Waals surface area contributed by atoms with E-state index < -0.39 is 11.9 Å². The fourth-order valence-electron chi connectivity index (χ4n) is 1.04. The smallest absolute Gasteiger partial charge is 0.333 e. The fraction of sp³-hybridized carbons (Fsp3) is 0.667. The van der Waals surface area contributed by atoms with Gasteiger partial charge >= 0.3 is 11.9 Å². The molecule has 17 heavy (non-hydrogen) atoms. The van der Waals surface area contributed by atoms with E-state index in [0.29, 0.717) is 19.8 Å². The van der Waals surface area contributed by atoms with E-state index in [9.17, 15) is 9.59 Å². The SMILES string of the molecule is C=C(CC(=O)OC)C(=O)OCCCCOCC. The van der Waals surface area contributed by atoms with Crippen LogP contribution in [-0.2, 0) is 23.8 Å². The quantitative estimate of drug-likeness (QED) is 0.349. The molecule has 0 saturated heterocycles. The van der Waals surface area contributed by atoms with Crippen LogP contribution in [0.1, 0.15) is 26.2 Å². The predicted octanol–water partition coefficient (Wildman–Crippen LogP) is 1.47. The van der Waals surface area contributed by atoms with Gasteiger partial charge in [0.15, 0.2) is 0 Å². The highest BCUT2D eigenvalue weighted by molar-refractivity contribution is 5.93. The molecular weight excluding hydrogens is 224 g/mol. The summed E-state index contributed by atoms with van der Waals surface area (Å²) >= 11 is 0. The van der Waals surface area contributed by atoms with Gasteiger partial charge in [-0.15, -0.1) is 0 Å². The lowest BCUT2D eigenvalue weighted by Crippen LogP contribution is -2.12. The molecule has 0 aromatic carbocycles. The molecule has 98 valence electrons. The van der Waals surface area contributed by atoms with E-state index in [1.54, 1.807) is 0 Å². The van der Waals surface area contributed by atoms with Gasteiger partial charge in [-0.3, -0.25) is 4.79 Å². The Labute approximate surface area is 102 Å². The van der Waals surface area contributed by atoms with E-state index in [0.717, 1.165) is 12.8 Å². The Morgan fingerprint density at radius 2 is 1.82 bits per heavy atom. The largest absolute Gasteiger partial charge is 0.469 e. The van der Waals surface area contributed by atoms with Crippen LogP contribution in [0.25, 0.3) is 0 Å². The zero-order valence-electron chi connectivity index (χ0n) is 10.5. The maximum atomic E-state index is 11.3. The molecule has 0 aromatic rings. The van der Waals surface area contributed by atoms with Crippen LogP contribution in [-0.4, -0.2) is 38.9 Å². The zero-order valence-corrected chi connectivity index (χ0v) is 10.5. The molecule has 0 aliphatic heterocycles. The Kier molecular flexibility index (Phi) is 9.05. The highest BCUT2D eigenvalue weighted by Crippen LogP contribution is 2.03. The van der Waals surface area contributed by atoms with Crippen LogP contribution in [0, 0.1) is 0 Å². The standard InChI is InChI=1S/C12H20O5/c1-4-16-7-5-6-8-17-12(14)10(2)9-11(13)15-3/h2,4-9H2,1,3H3. The molecule has 0 aromatic heterocycles. The van der Waals surface area contributed by atoms with E-state index in [4.69, 9.17) is 9.47 Å². The Bertz CT molecular complexity index is 260. The van der Waals surface area contributed by atoms with Crippen molar-refractivity contribution in [3.05, 3.63) is 12.2 Å². The van der Waals surface area contributed by atoms with Crippen LogP contribution in [0.4, 0.5) is 0 Å². The summed E-state index contributed by atoms with van der Waals surface area (Å²) in [5, 5.41) is 0. The minimum Gasteiger partial charge on any atom is -0.469 e. The van der Waals surface area contributed by atoms with Crippen LogP contribution in [0.5, 0.6) is 0 Å². The minimum absolute atomic E-state index is 0.113. The third-order valence-corrected chi connectivity index (χ3v) is 1.99. The van der Waals surface area contributed by atoms with Gasteiger partial charge in [0.05, 0.1) is 20.1 Å². The lowest BCUT2D eigenvalue weighted by atomic mass is 10.2. The topological polar surface area (TPSA) is 61.8 Å². The van der Waals surface area contributed by atoms with Crippen molar-refractivity contribution in [1.29, 1.82) is 0 Å². The highest BCUT2D eigenvalue weighted by Gasteiger charge is 2.12. The molecule has 0 saturated carbocycles. The van der Waals surface area contributed by atoms with Gasteiger partial charge in [-0.05, 0) is 19.8 Å². The molecule has 0 fully saturated rings. The molecule has 0 spiro atoms. The summed E-state index contributed by atoms with van der Waals surface area (Å²) < 4.78 is 14.5. The number of carbonyl (C=O) groups excluding carboxylic acids is 2. The Hall–Kier alpha value is -1.36. The summed E-state index contributed by atoms with van der Waals surface area (Å²) in [5.74, 6) is -1.05. The van der Waals surface area contributed by atoms with Crippen molar-refractivity contribution in [3.8, 4) is 0 Å². The first kappa shape index (κ1) is 15.6. The summed E-state index contributed by atoms with van der Waals surface area (Å²) in [5.41, 5.74) is 0.113. The normalized spacial score (nSPS) is 9.76. The minimum atomic E-state index is -0.549. The second kappa shape index (κ2) is 9.84. The van der Waals surface area contributed by atoms with E-state index in [-0.39, 0.29) is 12.0 Å². The van der Waals surface area contributed by atoms with Crippen molar-refractivity contribution >= 4 is 11.9 Å². The highest BCUT2D eigenvalue weighted by atomic mass is 16.5. The van der Waals surface area contributed by atoms with Gasteiger partial charge in [0, 0.05) is 18.8 Å². The van der Waals surface area contributed by atoms with Gasteiger partial charge in [0.25, 0.3) is 0 Å². The number of hydrogen-bond donors (Lipinski definition) is 0. The number of esters is 2. The summed E-state index contributed by atoms with van der Waals surface area (Å²) in [4.78, 5) is 22.2. The fourth-order valence-corrected chi connectivity index (χ4v) is 1.04. The number of carbonyl (C=O) groups is 2. The maximum absolute atomic E-state index is 11.3. The van der Waals surface area contributed by atoms with Crippen LogP contribution in [0.2, 0.25) is 0 Å². The Morgan fingerprint density at radius 3 is 2.41 bits per heavy atom. The number of rotatable bonds is 9. The van der Waals surface area contributed by atoms with Crippen molar-refractivity contribution in [2.45, 2.75) is 26.2 Å². The van der Waals surface area contributed by atoms with E-state index >= 15 is 0 Å². The second-order valence-corrected chi connectivity index (χ2v) is 3.40. The van der Waals surface area contributed by atoms with Crippen molar-refractivity contribution in [2.75, 3.05) is 26.9 Å². The number of hydrogen-bond acceptors (Lipinski definition) is 5. The molecule has 5 nitrogen and oxygen atoms in total. The molecular formula is C12H20O5. The molecule has 0 atom stereocenters. The van der Waals surface area contributed by atoms with Gasteiger partial charge in [-0.2, -0.15) is 0 Å². The van der Waals surface area contributed by atoms with E-state index in [1.165, 1.54) is 7.11 Å². The predicted molar refractivity (Wildman–Crippen MR) is 62.5 cm³/mol. The van der Waals surface area contributed by atoms with Gasteiger partial charge in [0.1, 0.15) is 0 Å². The Morgan fingerprint density at radius 1 is 1.18 bits per heavy atom. The summed E-state index contributed by atoms with van der Waals surface area (Å²) in [6.07, 6.45) is 1.44. The molecule has 0 aliphatic carbocycles. The number of methoxy groups -OCH3 is 1. The molecule has 0 amide bonds. The molecule has 0 N–H and O–H groups in total. The molecule has 0 bridgehead atoms. The van der Waals surface area contributed by atoms with Crippen molar-refractivity contribution in [3.63, 3.8) is 0 Å². The molecule has 0 radical (unpaired) electrons. The van der Waals surface area contributed by atoms with Crippen molar-refractivity contribution in [1.82, 2.24) is 0 Å². The summed E-state index contributed by atoms with van der Waals surface area (Å²) in [6.45, 7) is 7.06. The molecule has 0 unspecified atom stereocenters. The second-order valence-electron chi connectivity index (χ2n) is 3.40. The molecule has 5 heteroatoms. The van der Waals surface area contributed by atoms with E-state index in [2.05, 4.69) is 11.3 Å². The zero-order chi connectivity index (χ0) is 13.1. The van der Waals surface area contributed by atoms with Crippen LogP contribution in [0.3, 0.4) is 0 Å². The lowest BCUT2D eigenvalue weighted by molar-refractivity contribution is -0.144. The number of ether oxygens (including phenoxy) is 3. The van der Waals surface area contributed by atoms with Crippen LogP contribution >= 0.6 is 0 Å². The van der Waals surface area contributed by atoms with Crippen LogP contribution in [0.15, 0.2) is 12.2 Å². The first-order valence-electron chi connectivity index (χ1n) is 5.61. The lowest BCUT2D eigenvalue weighted by Gasteiger charge is -2.06. The monoisotopic (exact) mass is 244 g/mol. The molecule has 0 heterocycles. The molecule has 0 aliphatic rings. The third-order valence-electron chi connectivity index (χ3n) is 1.99. The first-order chi connectivity index (χ1) is 8.11. The average molecular weight is 244 g/mol. The summed E-state index contributed by atoms with van der Waals surface area (Å²) in [7, 11) is 1.26. The third kappa shape index (κ3) is 8.45. The van der Waals surface area contributed by atoms with Gasteiger partial charge < -0.3 is 14.2 Å². The van der Waals surface area contributed by atoms with Gasteiger partial charge in [-0.25, -0.2) is 4.79 Å². The molecule has 0 rings (SSSR count). The van der Waals surface area contributed by atoms with Crippen LogP contribution < -0.4 is 0 Å². The maximum Gasteiger partial charge on any atom is 0.333 e. The van der Waals surface area contributed by atoms with Crippen molar-refractivity contribution < 1.29 is 23.8 Å². The number of unbranched alkanes of at least 4 members (excludes halogenated alkanes) is 1. The first-order valence-corrected chi connectivity index (χ1v) is 5.61. The summed E-state index contributed by atoms with van der Waals surface area (Å²) in [6, 6.07) is 0. The average Bonchev–Trinajstić information content (AvgIpc) is 2.32. The Balaban J connectivity index is 3.58. The van der Waals surface area contributed by atoms with Gasteiger partial charge in [-0.1, -0.05) is 6.58 Å². The van der Waals surface area contributed by atoms with Crippen molar-refractivity contribution in [2.24, 2.45) is 0 Å². The van der Waals surface area contributed by atoms with E-state index in [1.807, 2.05) is 6.92 Å². The van der Waals surface area contributed by atoms with Gasteiger partial charge in [0.2, 0.25) is 0 Å².